The van der Waals surface area contributed by atoms with Crippen LogP contribution in [0.5, 0.6) is 0 Å². The van der Waals surface area contributed by atoms with E-state index in [1.165, 1.54) is 44.6 Å². The van der Waals surface area contributed by atoms with E-state index < -0.39 is 0 Å². The minimum Gasteiger partial charge on any atom is -0.314 e. The topological polar surface area (TPSA) is 33.1 Å². The second kappa shape index (κ2) is 5.63. The van der Waals surface area contributed by atoms with Crippen LogP contribution in [0.1, 0.15) is 37.6 Å². The Morgan fingerprint density at radius 1 is 1.42 bits per heavy atom. The molecule has 0 spiro atoms. The largest absolute Gasteiger partial charge is 0.314 e. The van der Waals surface area contributed by atoms with Crippen LogP contribution in [-0.4, -0.2) is 40.4 Å². The van der Waals surface area contributed by atoms with Crippen LogP contribution in [-0.2, 0) is 13.1 Å². The molecule has 2 atom stereocenters. The number of nitrogens with zero attached hydrogens (tertiary/aromatic N) is 3. The predicted octanol–water partition coefficient (Wildman–Crippen LogP) is 1.79. The molecule has 0 aliphatic carbocycles. The zero-order chi connectivity index (χ0) is 13.2. The molecule has 3 heterocycles. The summed E-state index contributed by atoms with van der Waals surface area (Å²) in [7, 11) is 0. The van der Waals surface area contributed by atoms with Gasteiger partial charge in [-0.15, -0.1) is 0 Å². The van der Waals surface area contributed by atoms with Crippen LogP contribution >= 0.6 is 0 Å². The van der Waals surface area contributed by atoms with Gasteiger partial charge in [0.2, 0.25) is 0 Å². The second-order valence-corrected chi connectivity index (χ2v) is 6.08. The summed E-state index contributed by atoms with van der Waals surface area (Å²) in [6.07, 6.45) is 4.06. The average molecular weight is 262 g/mol. The molecule has 0 amide bonds. The SMILES string of the molecule is CCn1nc(C)cc1CN1CCC2NCCCC2C1. The number of piperidine rings is 2. The molecule has 1 aromatic heterocycles. The molecule has 2 aliphatic rings. The molecular formula is C15H26N4. The number of fused-ring (bicyclic) bond motifs is 1. The van der Waals surface area contributed by atoms with E-state index in [0.717, 1.165) is 30.7 Å². The molecule has 0 saturated carbocycles. The van der Waals surface area contributed by atoms with Crippen LogP contribution in [0, 0.1) is 12.8 Å². The van der Waals surface area contributed by atoms with Gasteiger partial charge in [-0.25, -0.2) is 0 Å². The van der Waals surface area contributed by atoms with Gasteiger partial charge in [0.25, 0.3) is 0 Å². The van der Waals surface area contributed by atoms with E-state index in [0.29, 0.717) is 0 Å². The maximum atomic E-state index is 4.55. The summed E-state index contributed by atoms with van der Waals surface area (Å²) in [4.78, 5) is 2.62. The third kappa shape index (κ3) is 2.84. The van der Waals surface area contributed by atoms with Crippen LogP contribution in [0.2, 0.25) is 0 Å². The van der Waals surface area contributed by atoms with Crippen molar-refractivity contribution in [2.24, 2.45) is 5.92 Å². The summed E-state index contributed by atoms with van der Waals surface area (Å²) < 4.78 is 2.15. The van der Waals surface area contributed by atoms with E-state index in [2.05, 4.69) is 39.9 Å². The molecule has 0 aromatic carbocycles. The lowest BCUT2D eigenvalue weighted by Gasteiger charge is -2.41. The average Bonchev–Trinajstić information content (AvgIpc) is 2.78. The lowest BCUT2D eigenvalue weighted by atomic mass is 9.85. The van der Waals surface area contributed by atoms with Crippen LogP contribution < -0.4 is 5.32 Å². The van der Waals surface area contributed by atoms with Crippen LogP contribution in [0.4, 0.5) is 0 Å². The Morgan fingerprint density at radius 2 is 2.32 bits per heavy atom. The molecule has 19 heavy (non-hydrogen) atoms. The van der Waals surface area contributed by atoms with Crippen LogP contribution in [0.25, 0.3) is 0 Å². The summed E-state index contributed by atoms with van der Waals surface area (Å²) in [5, 5.41) is 8.24. The van der Waals surface area contributed by atoms with Crippen molar-refractivity contribution >= 4 is 0 Å². The smallest absolute Gasteiger partial charge is 0.0597 e. The van der Waals surface area contributed by atoms with Gasteiger partial charge in [0, 0.05) is 32.2 Å². The van der Waals surface area contributed by atoms with Gasteiger partial charge in [0.1, 0.15) is 0 Å². The van der Waals surface area contributed by atoms with E-state index in [1.54, 1.807) is 0 Å². The fourth-order valence-electron chi connectivity index (χ4n) is 3.69. The lowest BCUT2D eigenvalue weighted by Crippen LogP contribution is -2.51. The van der Waals surface area contributed by atoms with Crippen molar-refractivity contribution in [3.05, 3.63) is 17.5 Å². The number of aromatic nitrogens is 2. The minimum atomic E-state index is 0.780. The molecule has 2 fully saturated rings. The number of hydrogen-bond donors (Lipinski definition) is 1. The van der Waals surface area contributed by atoms with Crippen molar-refractivity contribution in [3.8, 4) is 0 Å². The number of rotatable bonds is 3. The van der Waals surface area contributed by atoms with E-state index in [-0.39, 0.29) is 0 Å². The first-order valence-electron chi connectivity index (χ1n) is 7.75. The first-order valence-corrected chi connectivity index (χ1v) is 7.75. The van der Waals surface area contributed by atoms with E-state index in [4.69, 9.17) is 0 Å². The summed E-state index contributed by atoms with van der Waals surface area (Å²) in [5.41, 5.74) is 2.52. The van der Waals surface area contributed by atoms with E-state index >= 15 is 0 Å². The van der Waals surface area contributed by atoms with Crippen LogP contribution in [0.3, 0.4) is 0 Å². The van der Waals surface area contributed by atoms with Crippen molar-refractivity contribution in [1.82, 2.24) is 20.0 Å². The molecule has 106 valence electrons. The molecule has 0 bridgehead atoms. The number of aryl methyl sites for hydroxylation is 2. The number of hydrogen-bond acceptors (Lipinski definition) is 3. The Bertz CT molecular complexity index is 426. The first-order chi connectivity index (χ1) is 9.26. The van der Waals surface area contributed by atoms with Crippen molar-refractivity contribution in [3.63, 3.8) is 0 Å². The van der Waals surface area contributed by atoms with Gasteiger partial charge in [-0.2, -0.15) is 5.10 Å². The molecule has 1 aromatic rings. The second-order valence-electron chi connectivity index (χ2n) is 6.08. The van der Waals surface area contributed by atoms with E-state index in [1.807, 2.05) is 0 Å². The molecule has 0 radical (unpaired) electrons. The third-order valence-corrected chi connectivity index (χ3v) is 4.65. The van der Waals surface area contributed by atoms with Gasteiger partial charge in [-0.3, -0.25) is 9.58 Å². The van der Waals surface area contributed by atoms with Gasteiger partial charge in [-0.05, 0) is 51.6 Å². The molecule has 2 saturated heterocycles. The third-order valence-electron chi connectivity index (χ3n) is 4.65. The Balaban J connectivity index is 1.63. The highest BCUT2D eigenvalue weighted by Crippen LogP contribution is 2.25. The Labute approximate surface area is 116 Å². The molecule has 3 rings (SSSR count). The van der Waals surface area contributed by atoms with Gasteiger partial charge >= 0.3 is 0 Å². The number of likely N-dealkylation sites (tertiary alicyclic amines) is 1. The lowest BCUT2D eigenvalue weighted by molar-refractivity contribution is 0.106. The minimum absolute atomic E-state index is 0.780. The zero-order valence-electron chi connectivity index (χ0n) is 12.2. The van der Waals surface area contributed by atoms with Crippen molar-refractivity contribution in [2.45, 2.75) is 52.2 Å². The van der Waals surface area contributed by atoms with Gasteiger partial charge in [0.15, 0.2) is 0 Å². The molecule has 4 nitrogen and oxygen atoms in total. The molecule has 2 unspecified atom stereocenters. The Morgan fingerprint density at radius 3 is 3.16 bits per heavy atom. The molecule has 4 heteroatoms. The van der Waals surface area contributed by atoms with Gasteiger partial charge in [-0.1, -0.05) is 0 Å². The molecule has 1 N–H and O–H groups in total. The van der Waals surface area contributed by atoms with Crippen LogP contribution in [0.15, 0.2) is 6.07 Å². The summed E-state index contributed by atoms with van der Waals surface area (Å²) in [5.74, 6) is 0.863. The number of nitrogens with one attached hydrogen (secondary N) is 1. The fraction of sp³-hybridized carbons (Fsp3) is 0.800. The Hall–Kier alpha value is -0.870. The maximum Gasteiger partial charge on any atom is 0.0597 e. The maximum absolute atomic E-state index is 4.55. The van der Waals surface area contributed by atoms with Crippen molar-refractivity contribution in [1.29, 1.82) is 0 Å². The zero-order valence-corrected chi connectivity index (χ0v) is 12.2. The van der Waals surface area contributed by atoms with Gasteiger partial charge in [0.05, 0.1) is 11.4 Å². The highest BCUT2D eigenvalue weighted by Gasteiger charge is 2.31. The molecular weight excluding hydrogens is 236 g/mol. The molecule has 2 aliphatic heterocycles. The Kier molecular flexibility index (Phi) is 3.89. The van der Waals surface area contributed by atoms with E-state index in [9.17, 15) is 0 Å². The quantitative estimate of drug-likeness (QED) is 0.901. The highest BCUT2D eigenvalue weighted by molar-refractivity contribution is 5.09. The summed E-state index contributed by atoms with van der Waals surface area (Å²) >= 11 is 0. The monoisotopic (exact) mass is 262 g/mol. The van der Waals surface area contributed by atoms with Crippen molar-refractivity contribution in [2.75, 3.05) is 19.6 Å². The normalized spacial score (nSPS) is 28.3. The van der Waals surface area contributed by atoms with Crippen molar-refractivity contribution < 1.29 is 0 Å². The standard InChI is InChI=1S/C15H26N4/c1-3-19-14(9-12(2)17-19)11-18-8-6-15-13(10-18)5-4-7-16-15/h9,13,15-16H,3-8,10-11H2,1-2H3. The van der Waals surface area contributed by atoms with Gasteiger partial charge < -0.3 is 5.32 Å². The highest BCUT2D eigenvalue weighted by atomic mass is 15.3. The summed E-state index contributed by atoms with van der Waals surface area (Å²) in [6, 6.07) is 3.03. The fourth-order valence-corrected chi connectivity index (χ4v) is 3.69. The first kappa shape index (κ1) is 13.1. The predicted molar refractivity (Wildman–Crippen MR) is 77.0 cm³/mol. The summed E-state index contributed by atoms with van der Waals surface area (Å²) in [6.45, 7) is 10.0.